The number of pyridine rings is 1. The Kier molecular flexibility index (Phi) is 4.44. The van der Waals surface area contributed by atoms with Crippen LogP contribution in [0, 0.1) is 11.8 Å². The zero-order valence-electron chi connectivity index (χ0n) is 13.9. The van der Waals surface area contributed by atoms with E-state index in [1.807, 2.05) is 19.1 Å². The summed E-state index contributed by atoms with van der Waals surface area (Å²) in [4.78, 5) is 5.03. The Morgan fingerprint density at radius 1 is 1.04 bits per heavy atom. The Labute approximate surface area is 138 Å². The van der Waals surface area contributed by atoms with Gasteiger partial charge in [-0.05, 0) is 37.0 Å². The second kappa shape index (κ2) is 6.67. The summed E-state index contributed by atoms with van der Waals surface area (Å²) in [6, 6.07) is 19.0. The van der Waals surface area contributed by atoms with E-state index in [1.165, 1.54) is 16.5 Å². The maximum atomic E-state index is 5.03. The van der Waals surface area contributed by atoms with Crippen LogP contribution in [-0.2, 0) is 0 Å². The molecule has 0 radical (unpaired) electrons. The number of fused-ring (bicyclic) bond motifs is 1. The van der Waals surface area contributed by atoms with Gasteiger partial charge in [0.2, 0.25) is 0 Å². The van der Waals surface area contributed by atoms with Crippen LogP contribution in [0.3, 0.4) is 0 Å². The van der Waals surface area contributed by atoms with Crippen LogP contribution < -0.4 is 0 Å². The zero-order valence-corrected chi connectivity index (χ0v) is 13.9. The second-order valence-corrected chi connectivity index (χ2v) is 5.85. The molecule has 0 N–H and O–H groups in total. The normalized spacial score (nSPS) is 11.8. The number of nitrogens with zero attached hydrogens (tertiary/aromatic N) is 1. The number of para-hydroxylation sites is 1. The highest BCUT2D eigenvalue weighted by Gasteiger charge is 2.14. The average Bonchev–Trinajstić information content (AvgIpc) is 2.61. The summed E-state index contributed by atoms with van der Waals surface area (Å²) in [5, 5.41) is 1.17. The van der Waals surface area contributed by atoms with Crippen LogP contribution >= 0.6 is 0 Å². The molecule has 0 aliphatic rings. The first-order valence-electron chi connectivity index (χ1n) is 8.16. The molecule has 1 atom stereocenters. The van der Waals surface area contributed by atoms with Crippen molar-refractivity contribution in [1.29, 1.82) is 0 Å². The predicted molar refractivity (Wildman–Crippen MR) is 98.4 cm³/mol. The van der Waals surface area contributed by atoms with Gasteiger partial charge in [0.15, 0.2) is 0 Å². The third kappa shape index (κ3) is 2.98. The van der Waals surface area contributed by atoms with Gasteiger partial charge in [0.05, 0.1) is 16.8 Å². The zero-order chi connectivity index (χ0) is 16.2. The minimum absolute atomic E-state index is 0.475. The number of aromatic nitrogens is 1. The Hall–Kier alpha value is -2.59. The van der Waals surface area contributed by atoms with Crippen molar-refractivity contribution in [1.82, 2.24) is 4.98 Å². The van der Waals surface area contributed by atoms with E-state index in [1.54, 1.807) is 0 Å². The predicted octanol–water partition coefficient (Wildman–Crippen LogP) is 5.79. The highest BCUT2D eigenvalue weighted by molar-refractivity contribution is 5.88. The molecular formula is C22H21N. The van der Waals surface area contributed by atoms with Crippen molar-refractivity contribution < 1.29 is 0 Å². The highest BCUT2D eigenvalue weighted by atomic mass is 14.7. The van der Waals surface area contributed by atoms with E-state index in [-0.39, 0.29) is 0 Å². The lowest BCUT2D eigenvalue weighted by Crippen LogP contribution is -1.99. The molecule has 0 bridgehead atoms. The molecule has 1 unspecified atom stereocenters. The lowest BCUT2D eigenvalue weighted by Gasteiger charge is -2.16. The molecular weight excluding hydrogens is 278 g/mol. The Bertz CT molecular complexity index is 882. The molecule has 0 aliphatic carbocycles. The van der Waals surface area contributed by atoms with Crippen LogP contribution in [0.1, 0.15) is 44.2 Å². The molecule has 0 fully saturated rings. The number of rotatable bonds is 3. The Morgan fingerprint density at radius 3 is 2.52 bits per heavy atom. The smallest absolute Gasteiger partial charge is 0.0866 e. The van der Waals surface area contributed by atoms with Gasteiger partial charge >= 0.3 is 0 Å². The van der Waals surface area contributed by atoms with Crippen LogP contribution in [0.25, 0.3) is 22.2 Å². The van der Waals surface area contributed by atoms with Crippen molar-refractivity contribution in [3.05, 3.63) is 65.7 Å². The van der Waals surface area contributed by atoms with E-state index in [4.69, 9.17) is 4.98 Å². The fourth-order valence-electron chi connectivity index (χ4n) is 2.87. The molecule has 23 heavy (non-hydrogen) atoms. The second-order valence-electron chi connectivity index (χ2n) is 5.85. The molecule has 1 aromatic heterocycles. The summed E-state index contributed by atoms with van der Waals surface area (Å²) in [6.07, 6.45) is 1.10. The molecule has 0 saturated heterocycles. The van der Waals surface area contributed by atoms with E-state index in [2.05, 4.69) is 68.2 Å². The summed E-state index contributed by atoms with van der Waals surface area (Å²) >= 11 is 0. The van der Waals surface area contributed by atoms with Gasteiger partial charge in [0.1, 0.15) is 0 Å². The van der Waals surface area contributed by atoms with Crippen LogP contribution in [0.2, 0.25) is 0 Å². The lowest BCUT2D eigenvalue weighted by molar-refractivity contribution is 0.733. The number of benzene rings is 2. The molecule has 0 saturated carbocycles. The molecule has 2 aromatic carbocycles. The van der Waals surface area contributed by atoms with Gasteiger partial charge in [-0.3, -0.25) is 0 Å². The van der Waals surface area contributed by atoms with Crippen LogP contribution in [0.5, 0.6) is 0 Å². The monoisotopic (exact) mass is 299 g/mol. The minimum Gasteiger partial charge on any atom is -0.246 e. The first-order valence-corrected chi connectivity index (χ1v) is 8.16. The molecule has 3 aromatic rings. The van der Waals surface area contributed by atoms with Crippen LogP contribution in [0.15, 0.2) is 54.6 Å². The maximum Gasteiger partial charge on any atom is 0.0866 e. The van der Waals surface area contributed by atoms with Crippen LogP contribution in [0.4, 0.5) is 0 Å². The first-order chi connectivity index (χ1) is 11.2. The summed E-state index contributed by atoms with van der Waals surface area (Å²) in [6.45, 7) is 6.36. The van der Waals surface area contributed by atoms with Gasteiger partial charge in [0.25, 0.3) is 0 Å². The van der Waals surface area contributed by atoms with Gasteiger partial charge < -0.3 is 0 Å². The van der Waals surface area contributed by atoms with Crippen molar-refractivity contribution in [3.63, 3.8) is 0 Å². The standard InChI is InChI=1S/C22H21N/c1-4-10-17-13-9-14-19-15-20(16(3)5-2)22(23-21(17)19)18-11-7-6-8-12-18/h6-9,11-16H,5H2,1-3H3. The third-order valence-electron chi connectivity index (χ3n) is 4.33. The van der Waals surface area contributed by atoms with E-state index >= 15 is 0 Å². The summed E-state index contributed by atoms with van der Waals surface area (Å²) in [5.74, 6) is 6.65. The molecule has 3 rings (SSSR count). The third-order valence-corrected chi connectivity index (χ3v) is 4.33. The fraction of sp³-hybridized carbons (Fsp3) is 0.227. The van der Waals surface area contributed by atoms with Gasteiger partial charge in [-0.1, -0.05) is 62.2 Å². The molecule has 0 aliphatic heterocycles. The van der Waals surface area contributed by atoms with Crippen molar-refractivity contribution in [2.75, 3.05) is 0 Å². The van der Waals surface area contributed by atoms with E-state index in [0.29, 0.717) is 5.92 Å². The van der Waals surface area contributed by atoms with Crippen molar-refractivity contribution >= 4 is 10.9 Å². The van der Waals surface area contributed by atoms with Gasteiger partial charge in [-0.2, -0.15) is 0 Å². The van der Waals surface area contributed by atoms with Crippen LogP contribution in [-0.4, -0.2) is 4.98 Å². The van der Waals surface area contributed by atoms with Gasteiger partial charge in [-0.25, -0.2) is 4.98 Å². The molecule has 1 heteroatoms. The lowest BCUT2D eigenvalue weighted by atomic mass is 9.92. The maximum absolute atomic E-state index is 5.03. The SMILES string of the molecule is CC#Cc1cccc2cc(C(C)CC)c(-c3ccccc3)nc12. The van der Waals surface area contributed by atoms with Crippen molar-refractivity contribution in [2.24, 2.45) is 0 Å². The summed E-state index contributed by atoms with van der Waals surface area (Å²) < 4.78 is 0. The van der Waals surface area contributed by atoms with Gasteiger partial charge in [0, 0.05) is 10.9 Å². The topological polar surface area (TPSA) is 12.9 Å². The number of hydrogen-bond acceptors (Lipinski definition) is 1. The number of hydrogen-bond donors (Lipinski definition) is 0. The minimum atomic E-state index is 0.475. The molecule has 0 amide bonds. The fourth-order valence-corrected chi connectivity index (χ4v) is 2.87. The molecule has 114 valence electrons. The largest absolute Gasteiger partial charge is 0.246 e. The van der Waals surface area contributed by atoms with Gasteiger partial charge in [-0.15, -0.1) is 5.92 Å². The summed E-state index contributed by atoms with van der Waals surface area (Å²) in [7, 11) is 0. The average molecular weight is 299 g/mol. The van der Waals surface area contributed by atoms with E-state index in [0.717, 1.165) is 23.2 Å². The summed E-state index contributed by atoms with van der Waals surface area (Å²) in [5.41, 5.74) is 5.56. The van der Waals surface area contributed by atoms with Crippen molar-refractivity contribution in [3.8, 4) is 23.1 Å². The molecule has 1 heterocycles. The molecule has 1 nitrogen and oxygen atoms in total. The van der Waals surface area contributed by atoms with Crippen molar-refractivity contribution in [2.45, 2.75) is 33.1 Å². The highest BCUT2D eigenvalue weighted by Crippen LogP contribution is 2.32. The quantitative estimate of drug-likeness (QED) is 0.558. The first kappa shape index (κ1) is 15.3. The molecule has 0 spiro atoms. The Balaban J connectivity index is 2.34. The Morgan fingerprint density at radius 2 is 1.83 bits per heavy atom. The van der Waals surface area contributed by atoms with E-state index < -0.39 is 0 Å². The van der Waals surface area contributed by atoms with E-state index in [9.17, 15) is 0 Å².